The van der Waals surface area contributed by atoms with Crippen LogP contribution in [-0.2, 0) is 17.6 Å². The van der Waals surface area contributed by atoms with Gasteiger partial charge in [0, 0.05) is 11.4 Å². The lowest BCUT2D eigenvalue weighted by Crippen LogP contribution is -2.34. The summed E-state index contributed by atoms with van der Waals surface area (Å²) in [6.07, 6.45) is 8.41. The fraction of sp³-hybridized carbons (Fsp3) is 0.286. The first-order chi connectivity index (χ1) is 11.7. The standard InChI is InChI=1S/C21H24N2O/c1-4-11-17-13-8-10-15-20(17)23-21(24)18(6-3)22-19-14-9-7-12-16(19)5-2/h3,7-10,12-15,18,22H,4-5,11H2,1-2H3,(H,23,24). The van der Waals surface area contributed by atoms with E-state index in [2.05, 4.69) is 30.4 Å². The van der Waals surface area contributed by atoms with Crippen LogP contribution >= 0.6 is 0 Å². The summed E-state index contributed by atoms with van der Waals surface area (Å²) in [5.41, 5.74) is 3.99. The monoisotopic (exact) mass is 320 g/mol. The average molecular weight is 320 g/mol. The molecule has 24 heavy (non-hydrogen) atoms. The fourth-order valence-electron chi connectivity index (χ4n) is 2.64. The zero-order valence-corrected chi connectivity index (χ0v) is 14.3. The van der Waals surface area contributed by atoms with E-state index in [-0.39, 0.29) is 5.91 Å². The number of benzene rings is 2. The quantitative estimate of drug-likeness (QED) is 0.749. The van der Waals surface area contributed by atoms with Gasteiger partial charge in [-0.05, 0) is 36.1 Å². The summed E-state index contributed by atoms with van der Waals surface area (Å²) in [4.78, 5) is 12.6. The molecule has 1 amide bonds. The zero-order valence-electron chi connectivity index (χ0n) is 14.3. The number of hydrogen-bond acceptors (Lipinski definition) is 2. The molecule has 3 nitrogen and oxygen atoms in total. The molecule has 1 unspecified atom stereocenters. The zero-order chi connectivity index (χ0) is 17.4. The van der Waals surface area contributed by atoms with Crippen LogP contribution in [0.1, 0.15) is 31.4 Å². The number of anilines is 2. The number of carbonyl (C=O) groups is 1. The summed E-state index contributed by atoms with van der Waals surface area (Å²) < 4.78 is 0. The summed E-state index contributed by atoms with van der Waals surface area (Å²) in [6.45, 7) is 4.19. The van der Waals surface area contributed by atoms with Crippen LogP contribution in [0, 0.1) is 12.3 Å². The molecule has 2 aromatic carbocycles. The lowest BCUT2D eigenvalue weighted by molar-refractivity contribution is -0.115. The molecule has 0 aromatic heterocycles. The van der Waals surface area contributed by atoms with Gasteiger partial charge < -0.3 is 10.6 Å². The van der Waals surface area contributed by atoms with E-state index in [4.69, 9.17) is 6.42 Å². The van der Waals surface area contributed by atoms with E-state index in [0.717, 1.165) is 41.8 Å². The van der Waals surface area contributed by atoms with Crippen LogP contribution in [0.3, 0.4) is 0 Å². The van der Waals surface area contributed by atoms with Gasteiger partial charge >= 0.3 is 0 Å². The Morgan fingerprint density at radius 3 is 2.29 bits per heavy atom. The number of terminal acetylenes is 1. The molecule has 2 rings (SSSR count). The molecule has 0 bridgehead atoms. The van der Waals surface area contributed by atoms with Gasteiger partial charge in [0.15, 0.2) is 6.04 Å². The number of para-hydroxylation sites is 2. The second-order valence-corrected chi connectivity index (χ2v) is 5.65. The van der Waals surface area contributed by atoms with Gasteiger partial charge in [-0.1, -0.05) is 62.6 Å². The van der Waals surface area contributed by atoms with Crippen molar-refractivity contribution in [2.75, 3.05) is 10.6 Å². The summed E-state index contributed by atoms with van der Waals surface area (Å²) in [6, 6.07) is 15.0. The predicted molar refractivity (Wildman–Crippen MR) is 101 cm³/mol. The van der Waals surface area contributed by atoms with Crippen LogP contribution in [0.2, 0.25) is 0 Å². The summed E-state index contributed by atoms with van der Waals surface area (Å²) >= 11 is 0. The van der Waals surface area contributed by atoms with Gasteiger partial charge in [0.25, 0.3) is 5.91 Å². The number of rotatable bonds is 7. The molecule has 0 radical (unpaired) electrons. The van der Waals surface area contributed by atoms with E-state index < -0.39 is 6.04 Å². The Kier molecular flexibility index (Phi) is 6.45. The highest BCUT2D eigenvalue weighted by Gasteiger charge is 2.17. The number of aryl methyl sites for hydroxylation is 2. The second-order valence-electron chi connectivity index (χ2n) is 5.65. The van der Waals surface area contributed by atoms with Gasteiger partial charge in [-0.2, -0.15) is 0 Å². The Hall–Kier alpha value is -2.73. The third-order valence-electron chi connectivity index (χ3n) is 3.92. The number of amides is 1. The number of nitrogens with one attached hydrogen (secondary N) is 2. The first-order valence-corrected chi connectivity index (χ1v) is 8.38. The third-order valence-corrected chi connectivity index (χ3v) is 3.92. The minimum absolute atomic E-state index is 0.216. The molecular weight excluding hydrogens is 296 g/mol. The molecule has 2 N–H and O–H groups in total. The predicted octanol–water partition coefficient (Wildman–Crippen LogP) is 4.25. The van der Waals surface area contributed by atoms with Crippen molar-refractivity contribution >= 4 is 17.3 Å². The molecule has 124 valence electrons. The van der Waals surface area contributed by atoms with Crippen molar-refractivity contribution in [3.8, 4) is 12.3 Å². The van der Waals surface area contributed by atoms with Gasteiger partial charge in [-0.3, -0.25) is 4.79 Å². The SMILES string of the molecule is C#CC(Nc1ccccc1CC)C(=O)Nc1ccccc1CCC. The molecular formula is C21H24N2O. The summed E-state index contributed by atoms with van der Waals surface area (Å²) in [5.74, 6) is 2.33. The van der Waals surface area contributed by atoms with Crippen molar-refractivity contribution in [2.24, 2.45) is 0 Å². The molecule has 3 heteroatoms. The molecule has 0 aliphatic heterocycles. The Morgan fingerprint density at radius 2 is 1.67 bits per heavy atom. The summed E-state index contributed by atoms with van der Waals surface area (Å²) in [7, 11) is 0. The van der Waals surface area contributed by atoms with E-state index in [9.17, 15) is 4.79 Å². The highest BCUT2D eigenvalue weighted by Crippen LogP contribution is 2.19. The largest absolute Gasteiger partial charge is 0.364 e. The molecule has 2 aromatic rings. The maximum absolute atomic E-state index is 12.6. The van der Waals surface area contributed by atoms with Gasteiger partial charge in [0.05, 0.1) is 0 Å². The Morgan fingerprint density at radius 1 is 1.04 bits per heavy atom. The lowest BCUT2D eigenvalue weighted by atomic mass is 10.1. The molecule has 0 saturated carbocycles. The smallest absolute Gasteiger partial charge is 0.259 e. The fourth-order valence-corrected chi connectivity index (χ4v) is 2.64. The van der Waals surface area contributed by atoms with Gasteiger partial charge in [0.2, 0.25) is 0 Å². The van der Waals surface area contributed by atoms with Crippen molar-refractivity contribution in [1.82, 2.24) is 0 Å². The number of carbonyl (C=O) groups excluding carboxylic acids is 1. The minimum atomic E-state index is -0.715. The normalized spacial score (nSPS) is 11.4. The Balaban J connectivity index is 2.14. The van der Waals surface area contributed by atoms with Crippen molar-refractivity contribution < 1.29 is 4.79 Å². The van der Waals surface area contributed by atoms with Gasteiger partial charge in [0.1, 0.15) is 0 Å². The van der Waals surface area contributed by atoms with Crippen LogP contribution in [0.25, 0.3) is 0 Å². The highest BCUT2D eigenvalue weighted by atomic mass is 16.2. The van der Waals surface area contributed by atoms with Crippen LogP contribution in [0.15, 0.2) is 48.5 Å². The molecule has 0 spiro atoms. The minimum Gasteiger partial charge on any atom is -0.364 e. The van der Waals surface area contributed by atoms with Crippen molar-refractivity contribution in [3.05, 3.63) is 59.7 Å². The average Bonchev–Trinajstić information content (AvgIpc) is 2.61. The van der Waals surface area contributed by atoms with Crippen LogP contribution in [-0.4, -0.2) is 11.9 Å². The van der Waals surface area contributed by atoms with Crippen LogP contribution in [0.4, 0.5) is 11.4 Å². The van der Waals surface area contributed by atoms with E-state index in [1.807, 2.05) is 48.5 Å². The molecule has 0 heterocycles. The van der Waals surface area contributed by atoms with E-state index in [0.29, 0.717) is 0 Å². The van der Waals surface area contributed by atoms with E-state index in [1.165, 1.54) is 0 Å². The molecule has 0 aliphatic carbocycles. The van der Waals surface area contributed by atoms with Crippen molar-refractivity contribution in [1.29, 1.82) is 0 Å². The van der Waals surface area contributed by atoms with E-state index >= 15 is 0 Å². The molecule has 0 fully saturated rings. The van der Waals surface area contributed by atoms with Crippen molar-refractivity contribution in [2.45, 2.75) is 39.2 Å². The van der Waals surface area contributed by atoms with Crippen LogP contribution < -0.4 is 10.6 Å². The molecule has 0 saturated heterocycles. The summed E-state index contributed by atoms with van der Waals surface area (Å²) in [5, 5.41) is 6.13. The van der Waals surface area contributed by atoms with Gasteiger partial charge in [-0.15, -0.1) is 6.42 Å². The topological polar surface area (TPSA) is 41.1 Å². The lowest BCUT2D eigenvalue weighted by Gasteiger charge is -2.18. The first kappa shape index (κ1) is 17.6. The van der Waals surface area contributed by atoms with E-state index in [1.54, 1.807) is 0 Å². The molecule has 0 aliphatic rings. The molecule has 1 atom stereocenters. The van der Waals surface area contributed by atoms with Gasteiger partial charge in [-0.25, -0.2) is 0 Å². The van der Waals surface area contributed by atoms with Crippen LogP contribution in [0.5, 0.6) is 0 Å². The Bertz CT molecular complexity index is 731. The maximum Gasteiger partial charge on any atom is 0.259 e. The third kappa shape index (κ3) is 4.39. The first-order valence-electron chi connectivity index (χ1n) is 8.38. The Labute approximate surface area is 144 Å². The second kappa shape index (κ2) is 8.79. The van der Waals surface area contributed by atoms with Crippen molar-refractivity contribution in [3.63, 3.8) is 0 Å². The highest BCUT2D eigenvalue weighted by molar-refractivity contribution is 5.99. The number of hydrogen-bond donors (Lipinski definition) is 2. The maximum atomic E-state index is 12.6.